The quantitative estimate of drug-likeness (QED) is 0.868. The van der Waals surface area contributed by atoms with Crippen LogP contribution in [-0.4, -0.2) is 41.3 Å². The molecule has 2 aromatic rings. The van der Waals surface area contributed by atoms with Gasteiger partial charge in [-0.25, -0.2) is 0 Å². The fourth-order valence-electron chi connectivity index (χ4n) is 3.72. The number of pyridine rings is 1. The summed E-state index contributed by atoms with van der Waals surface area (Å²) in [5, 5.41) is 0. The van der Waals surface area contributed by atoms with Gasteiger partial charge in [0, 0.05) is 19.2 Å². The van der Waals surface area contributed by atoms with Gasteiger partial charge in [0.2, 0.25) is 0 Å². The molecule has 1 spiro atoms. The summed E-state index contributed by atoms with van der Waals surface area (Å²) in [6.07, 6.45) is 8.56. The van der Waals surface area contributed by atoms with Crippen LogP contribution >= 0.6 is 0 Å². The molecule has 2 unspecified atom stereocenters. The Balaban J connectivity index is 1.37. The first-order valence-corrected chi connectivity index (χ1v) is 8.27. The fourth-order valence-corrected chi connectivity index (χ4v) is 3.72. The van der Waals surface area contributed by atoms with Crippen LogP contribution in [0.3, 0.4) is 0 Å². The molecule has 122 valence electrons. The molecule has 5 nitrogen and oxygen atoms in total. The molecule has 2 fully saturated rings. The third-order valence-corrected chi connectivity index (χ3v) is 4.69. The largest absolute Gasteiger partial charge is 0.486 e. The Bertz CT molecular complexity index is 616. The van der Waals surface area contributed by atoms with Crippen molar-refractivity contribution in [3.8, 4) is 5.75 Å². The molecule has 0 radical (unpaired) electrons. The Morgan fingerprint density at radius 2 is 2.35 bits per heavy atom. The van der Waals surface area contributed by atoms with Crippen molar-refractivity contribution in [2.75, 3.05) is 19.7 Å². The molecule has 5 heteroatoms. The lowest BCUT2D eigenvalue weighted by atomic mass is 9.89. The summed E-state index contributed by atoms with van der Waals surface area (Å²) in [7, 11) is 0. The van der Waals surface area contributed by atoms with Crippen molar-refractivity contribution in [1.29, 1.82) is 0 Å². The number of ether oxygens (including phenoxy) is 2. The SMILES string of the molecule is c1cncc(OC2COC3(CCCN(Cc4ccco4)C3)C2)c1. The number of hydrogen-bond acceptors (Lipinski definition) is 5. The van der Waals surface area contributed by atoms with E-state index in [2.05, 4.69) is 9.88 Å². The van der Waals surface area contributed by atoms with E-state index in [1.807, 2.05) is 24.3 Å². The Hall–Kier alpha value is -1.85. The highest BCUT2D eigenvalue weighted by atomic mass is 16.6. The van der Waals surface area contributed by atoms with Crippen molar-refractivity contribution < 1.29 is 13.9 Å². The van der Waals surface area contributed by atoms with E-state index in [4.69, 9.17) is 13.9 Å². The van der Waals surface area contributed by atoms with Crippen LogP contribution in [0.25, 0.3) is 0 Å². The zero-order valence-electron chi connectivity index (χ0n) is 13.2. The van der Waals surface area contributed by atoms with Crippen LogP contribution in [0.1, 0.15) is 25.0 Å². The fraction of sp³-hybridized carbons (Fsp3) is 0.500. The number of hydrogen-bond donors (Lipinski definition) is 0. The molecule has 23 heavy (non-hydrogen) atoms. The maximum absolute atomic E-state index is 6.20. The van der Waals surface area contributed by atoms with E-state index in [1.54, 1.807) is 18.7 Å². The van der Waals surface area contributed by atoms with Crippen LogP contribution in [0.2, 0.25) is 0 Å². The number of nitrogens with zero attached hydrogens (tertiary/aromatic N) is 2. The molecule has 2 aromatic heterocycles. The Kier molecular flexibility index (Phi) is 4.06. The average molecular weight is 314 g/mol. The van der Waals surface area contributed by atoms with Crippen molar-refractivity contribution >= 4 is 0 Å². The number of aromatic nitrogens is 1. The van der Waals surface area contributed by atoms with Crippen LogP contribution in [0.15, 0.2) is 47.3 Å². The first-order chi connectivity index (χ1) is 11.3. The molecule has 0 aliphatic carbocycles. The standard InChI is InChI=1S/C18H22N2O3/c1-4-15(11-19-7-1)23-17-10-18(22-13-17)6-3-8-20(14-18)12-16-5-2-9-21-16/h1-2,4-5,7,9,11,17H,3,6,8,10,12-14H2. The predicted octanol–water partition coefficient (Wildman–Crippen LogP) is 2.88. The first-order valence-electron chi connectivity index (χ1n) is 8.27. The molecule has 2 atom stereocenters. The van der Waals surface area contributed by atoms with Crippen LogP contribution in [0.5, 0.6) is 5.75 Å². The van der Waals surface area contributed by atoms with Crippen LogP contribution in [0, 0.1) is 0 Å². The van der Waals surface area contributed by atoms with Gasteiger partial charge in [-0.15, -0.1) is 0 Å². The first kappa shape index (κ1) is 14.7. The van der Waals surface area contributed by atoms with Gasteiger partial charge in [0.25, 0.3) is 0 Å². The number of likely N-dealkylation sites (tertiary alicyclic amines) is 1. The minimum Gasteiger partial charge on any atom is -0.486 e. The second-order valence-electron chi connectivity index (χ2n) is 6.52. The van der Waals surface area contributed by atoms with Crippen LogP contribution < -0.4 is 4.74 Å². The molecule has 0 bridgehead atoms. The molecule has 4 rings (SSSR count). The monoisotopic (exact) mass is 314 g/mol. The highest BCUT2D eigenvalue weighted by Crippen LogP contribution is 2.36. The molecule has 0 aromatic carbocycles. The zero-order valence-corrected chi connectivity index (χ0v) is 13.2. The van der Waals surface area contributed by atoms with Crippen molar-refractivity contribution in [3.05, 3.63) is 48.7 Å². The molecular weight excluding hydrogens is 292 g/mol. The Labute approximate surface area is 136 Å². The smallest absolute Gasteiger partial charge is 0.138 e. The molecule has 2 aliphatic rings. The van der Waals surface area contributed by atoms with E-state index >= 15 is 0 Å². The second kappa shape index (κ2) is 6.34. The minimum absolute atomic E-state index is 0.0717. The summed E-state index contributed by atoms with van der Waals surface area (Å²) in [6.45, 7) is 3.55. The predicted molar refractivity (Wildman–Crippen MR) is 85.2 cm³/mol. The van der Waals surface area contributed by atoms with Gasteiger partial charge < -0.3 is 13.9 Å². The van der Waals surface area contributed by atoms with Gasteiger partial charge in [-0.1, -0.05) is 0 Å². The summed E-state index contributed by atoms with van der Waals surface area (Å²) < 4.78 is 17.7. The molecule has 2 saturated heterocycles. The highest BCUT2D eigenvalue weighted by Gasteiger charge is 2.44. The summed E-state index contributed by atoms with van der Waals surface area (Å²) >= 11 is 0. The van der Waals surface area contributed by atoms with Gasteiger partial charge >= 0.3 is 0 Å². The summed E-state index contributed by atoms with van der Waals surface area (Å²) in [5.41, 5.74) is -0.0717. The van der Waals surface area contributed by atoms with E-state index in [9.17, 15) is 0 Å². The van der Waals surface area contributed by atoms with Crippen molar-refractivity contribution in [3.63, 3.8) is 0 Å². The van der Waals surface area contributed by atoms with E-state index in [0.717, 1.165) is 50.4 Å². The Morgan fingerprint density at radius 3 is 3.17 bits per heavy atom. The van der Waals surface area contributed by atoms with E-state index < -0.39 is 0 Å². The molecular formula is C18H22N2O3. The number of piperidine rings is 1. The van der Waals surface area contributed by atoms with Crippen LogP contribution in [0.4, 0.5) is 0 Å². The van der Waals surface area contributed by atoms with Crippen molar-refractivity contribution in [2.24, 2.45) is 0 Å². The van der Waals surface area contributed by atoms with Gasteiger partial charge in [0.15, 0.2) is 0 Å². The lowest BCUT2D eigenvalue weighted by molar-refractivity contribution is -0.0549. The van der Waals surface area contributed by atoms with Crippen molar-refractivity contribution in [1.82, 2.24) is 9.88 Å². The van der Waals surface area contributed by atoms with Crippen molar-refractivity contribution in [2.45, 2.75) is 37.5 Å². The van der Waals surface area contributed by atoms with E-state index in [-0.39, 0.29) is 11.7 Å². The Morgan fingerprint density at radius 1 is 1.35 bits per heavy atom. The van der Waals surface area contributed by atoms with Gasteiger partial charge in [-0.2, -0.15) is 0 Å². The lowest BCUT2D eigenvalue weighted by Gasteiger charge is -2.39. The van der Waals surface area contributed by atoms with Gasteiger partial charge in [-0.05, 0) is 43.7 Å². The zero-order chi connectivity index (χ0) is 15.5. The van der Waals surface area contributed by atoms with Gasteiger partial charge in [0.05, 0.1) is 31.2 Å². The molecule has 2 aliphatic heterocycles. The third kappa shape index (κ3) is 3.41. The normalized spacial score (nSPS) is 28.3. The number of rotatable bonds is 4. The maximum Gasteiger partial charge on any atom is 0.138 e. The van der Waals surface area contributed by atoms with Gasteiger partial charge in [-0.3, -0.25) is 9.88 Å². The summed E-state index contributed by atoms with van der Waals surface area (Å²) in [4.78, 5) is 6.53. The molecule has 0 saturated carbocycles. The van der Waals surface area contributed by atoms with E-state index in [1.165, 1.54) is 0 Å². The average Bonchev–Trinajstić information content (AvgIpc) is 3.19. The van der Waals surface area contributed by atoms with Gasteiger partial charge in [0.1, 0.15) is 17.6 Å². The highest BCUT2D eigenvalue weighted by molar-refractivity contribution is 5.16. The molecule has 4 heterocycles. The lowest BCUT2D eigenvalue weighted by Crippen LogP contribution is -2.47. The third-order valence-electron chi connectivity index (χ3n) is 4.69. The maximum atomic E-state index is 6.20. The second-order valence-corrected chi connectivity index (χ2v) is 6.52. The summed E-state index contributed by atoms with van der Waals surface area (Å²) in [6, 6.07) is 7.82. The summed E-state index contributed by atoms with van der Waals surface area (Å²) in [5.74, 6) is 1.84. The topological polar surface area (TPSA) is 47.7 Å². The molecule has 0 amide bonds. The number of furan rings is 1. The minimum atomic E-state index is -0.0717. The molecule has 0 N–H and O–H groups in total. The van der Waals surface area contributed by atoms with E-state index in [0.29, 0.717) is 6.61 Å². The van der Waals surface area contributed by atoms with Crippen LogP contribution in [-0.2, 0) is 11.3 Å².